The molecule has 8 heteroatoms. The van der Waals surface area contributed by atoms with Crippen LogP contribution in [-0.4, -0.2) is 26.8 Å². The Balaban J connectivity index is 1.53. The lowest BCUT2D eigenvalue weighted by molar-refractivity contribution is 0.0993. The summed E-state index contributed by atoms with van der Waals surface area (Å²) in [5.74, 6) is -0.794. The SMILES string of the molecule is NC(=O)c1cc(-c2csc(NC(=O)c3cc4ccccc4[nH]3)n2)c[nH]1. The number of para-hydroxylation sites is 1. The highest BCUT2D eigenvalue weighted by Gasteiger charge is 2.13. The number of hydrogen-bond acceptors (Lipinski definition) is 4. The largest absolute Gasteiger partial charge is 0.364 e. The Morgan fingerprint density at radius 1 is 1.16 bits per heavy atom. The highest BCUT2D eigenvalue weighted by molar-refractivity contribution is 7.14. The molecule has 0 bridgehead atoms. The van der Waals surface area contributed by atoms with Crippen molar-refractivity contribution in [3.05, 3.63) is 59.4 Å². The molecular formula is C17H13N5O2S. The number of primary amides is 1. The molecule has 0 atom stereocenters. The number of fused-ring (bicyclic) bond motifs is 1. The zero-order valence-corrected chi connectivity index (χ0v) is 13.7. The summed E-state index contributed by atoms with van der Waals surface area (Å²) in [7, 11) is 0. The minimum absolute atomic E-state index is 0.260. The number of hydrogen-bond donors (Lipinski definition) is 4. The third-order valence-electron chi connectivity index (χ3n) is 3.74. The van der Waals surface area contributed by atoms with Crippen molar-refractivity contribution in [3.8, 4) is 11.3 Å². The molecule has 0 saturated carbocycles. The van der Waals surface area contributed by atoms with E-state index in [0.717, 1.165) is 16.5 Å². The van der Waals surface area contributed by atoms with Crippen LogP contribution >= 0.6 is 11.3 Å². The van der Waals surface area contributed by atoms with Gasteiger partial charge in [-0.05, 0) is 18.2 Å². The van der Waals surface area contributed by atoms with Crippen molar-refractivity contribution < 1.29 is 9.59 Å². The van der Waals surface area contributed by atoms with Gasteiger partial charge in [-0.3, -0.25) is 14.9 Å². The predicted molar refractivity (Wildman–Crippen MR) is 96.7 cm³/mol. The number of aromatic amines is 2. The number of nitrogens with one attached hydrogen (secondary N) is 3. The van der Waals surface area contributed by atoms with E-state index < -0.39 is 5.91 Å². The number of thiazole rings is 1. The number of aromatic nitrogens is 3. The molecule has 0 aliphatic carbocycles. The lowest BCUT2D eigenvalue weighted by Gasteiger charge is -1.98. The van der Waals surface area contributed by atoms with E-state index in [4.69, 9.17) is 5.73 Å². The van der Waals surface area contributed by atoms with Crippen molar-refractivity contribution >= 4 is 39.2 Å². The van der Waals surface area contributed by atoms with Crippen LogP contribution in [0.4, 0.5) is 5.13 Å². The van der Waals surface area contributed by atoms with Crippen molar-refractivity contribution in [2.45, 2.75) is 0 Å². The molecule has 5 N–H and O–H groups in total. The number of rotatable bonds is 4. The maximum absolute atomic E-state index is 12.4. The summed E-state index contributed by atoms with van der Waals surface area (Å²) in [6.45, 7) is 0. The molecule has 7 nitrogen and oxygen atoms in total. The Labute approximate surface area is 145 Å². The van der Waals surface area contributed by atoms with E-state index in [1.807, 2.05) is 24.3 Å². The van der Waals surface area contributed by atoms with Crippen LogP contribution in [0.5, 0.6) is 0 Å². The molecule has 2 amide bonds. The van der Waals surface area contributed by atoms with Crippen molar-refractivity contribution in [1.29, 1.82) is 0 Å². The Hall–Kier alpha value is -3.39. The van der Waals surface area contributed by atoms with Crippen LogP contribution < -0.4 is 11.1 Å². The van der Waals surface area contributed by atoms with Crippen LogP contribution in [0, 0.1) is 0 Å². The van der Waals surface area contributed by atoms with Gasteiger partial charge in [0.15, 0.2) is 5.13 Å². The zero-order valence-electron chi connectivity index (χ0n) is 12.9. The monoisotopic (exact) mass is 351 g/mol. The number of benzene rings is 1. The van der Waals surface area contributed by atoms with Gasteiger partial charge in [-0.25, -0.2) is 4.98 Å². The van der Waals surface area contributed by atoms with E-state index in [1.54, 1.807) is 23.7 Å². The molecule has 0 spiro atoms. The van der Waals surface area contributed by atoms with Gasteiger partial charge in [0.1, 0.15) is 11.4 Å². The van der Waals surface area contributed by atoms with Gasteiger partial charge >= 0.3 is 0 Å². The van der Waals surface area contributed by atoms with Crippen molar-refractivity contribution in [2.24, 2.45) is 5.73 Å². The molecule has 124 valence electrons. The van der Waals surface area contributed by atoms with Gasteiger partial charge in [-0.1, -0.05) is 18.2 Å². The molecule has 0 aliphatic heterocycles. The summed E-state index contributed by atoms with van der Waals surface area (Å²) in [6.07, 6.45) is 1.65. The summed E-state index contributed by atoms with van der Waals surface area (Å²) in [5.41, 5.74) is 8.29. The van der Waals surface area contributed by atoms with Crippen LogP contribution in [0.25, 0.3) is 22.2 Å². The van der Waals surface area contributed by atoms with Gasteiger partial charge < -0.3 is 15.7 Å². The molecule has 0 radical (unpaired) electrons. The van der Waals surface area contributed by atoms with Gasteiger partial charge in [0.25, 0.3) is 11.8 Å². The second kappa shape index (κ2) is 5.91. The average Bonchev–Trinajstić information content (AvgIpc) is 3.32. The topological polar surface area (TPSA) is 117 Å². The quantitative estimate of drug-likeness (QED) is 0.453. The van der Waals surface area contributed by atoms with E-state index >= 15 is 0 Å². The normalized spacial score (nSPS) is 10.9. The molecule has 0 fully saturated rings. The van der Waals surface area contributed by atoms with E-state index in [1.165, 1.54) is 11.3 Å². The first-order valence-electron chi connectivity index (χ1n) is 7.43. The van der Waals surface area contributed by atoms with Crippen molar-refractivity contribution in [3.63, 3.8) is 0 Å². The van der Waals surface area contributed by atoms with E-state index in [9.17, 15) is 9.59 Å². The van der Waals surface area contributed by atoms with Gasteiger partial charge in [0, 0.05) is 28.0 Å². The molecule has 4 rings (SSSR count). The summed E-state index contributed by atoms with van der Waals surface area (Å²) in [6, 6.07) is 11.1. The second-order valence-electron chi connectivity index (χ2n) is 5.43. The maximum atomic E-state index is 12.4. The van der Waals surface area contributed by atoms with Crippen LogP contribution in [0.15, 0.2) is 48.0 Å². The number of amides is 2. The molecule has 0 saturated heterocycles. The lowest BCUT2D eigenvalue weighted by atomic mass is 10.2. The van der Waals surface area contributed by atoms with E-state index in [2.05, 4.69) is 20.3 Å². The third-order valence-corrected chi connectivity index (χ3v) is 4.50. The fourth-order valence-corrected chi connectivity index (χ4v) is 3.22. The summed E-state index contributed by atoms with van der Waals surface area (Å²) in [5, 5.41) is 6.02. The van der Waals surface area contributed by atoms with Gasteiger partial charge in [-0.2, -0.15) is 0 Å². The molecule has 3 heterocycles. The summed E-state index contributed by atoms with van der Waals surface area (Å²) in [4.78, 5) is 33.8. The molecule has 4 aromatic rings. The maximum Gasteiger partial charge on any atom is 0.273 e. The molecule has 0 aliphatic rings. The number of nitrogens with two attached hydrogens (primary N) is 1. The predicted octanol–water partition coefficient (Wildman–Crippen LogP) is 2.97. The van der Waals surface area contributed by atoms with Crippen LogP contribution in [-0.2, 0) is 0 Å². The van der Waals surface area contributed by atoms with Crippen molar-refractivity contribution in [2.75, 3.05) is 5.32 Å². The first-order valence-corrected chi connectivity index (χ1v) is 8.31. The fraction of sp³-hybridized carbons (Fsp3) is 0. The van der Waals surface area contributed by atoms with Gasteiger partial charge in [-0.15, -0.1) is 11.3 Å². The highest BCUT2D eigenvalue weighted by atomic mass is 32.1. The first kappa shape index (κ1) is 15.2. The first-order chi connectivity index (χ1) is 12.1. The average molecular weight is 351 g/mol. The molecule has 3 aromatic heterocycles. The zero-order chi connectivity index (χ0) is 17.4. The number of nitrogens with zero attached hydrogens (tertiary/aromatic N) is 1. The third kappa shape index (κ3) is 2.90. The van der Waals surface area contributed by atoms with E-state index in [0.29, 0.717) is 22.2 Å². The minimum Gasteiger partial charge on any atom is -0.364 e. The Morgan fingerprint density at radius 3 is 2.76 bits per heavy atom. The summed E-state index contributed by atoms with van der Waals surface area (Å²) >= 11 is 1.30. The number of carbonyl (C=O) groups is 2. The minimum atomic E-state index is -0.534. The standard InChI is InChI=1S/C17H13N5O2S/c18-15(23)12-6-10(7-19-12)14-8-25-17(21-14)22-16(24)13-5-9-3-1-2-4-11(9)20-13/h1-8,19-20H,(H2,18,23)(H,21,22,24). The number of H-pyrrole nitrogens is 2. The van der Waals surface area contributed by atoms with Crippen LogP contribution in [0.3, 0.4) is 0 Å². The van der Waals surface area contributed by atoms with Crippen molar-refractivity contribution in [1.82, 2.24) is 15.0 Å². The second-order valence-corrected chi connectivity index (χ2v) is 6.29. The summed E-state index contributed by atoms with van der Waals surface area (Å²) < 4.78 is 0. The number of carbonyl (C=O) groups excluding carboxylic acids is 2. The molecular weight excluding hydrogens is 338 g/mol. The van der Waals surface area contributed by atoms with Crippen LogP contribution in [0.2, 0.25) is 0 Å². The smallest absolute Gasteiger partial charge is 0.273 e. The Morgan fingerprint density at radius 2 is 2.00 bits per heavy atom. The van der Waals surface area contributed by atoms with E-state index in [-0.39, 0.29) is 5.91 Å². The Bertz CT molecular complexity index is 1060. The highest BCUT2D eigenvalue weighted by Crippen LogP contribution is 2.26. The fourth-order valence-electron chi connectivity index (χ4n) is 2.51. The molecule has 1 aromatic carbocycles. The molecule has 0 unspecified atom stereocenters. The lowest BCUT2D eigenvalue weighted by Crippen LogP contribution is -2.11. The van der Waals surface area contributed by atoms with Gasteiger partial charge in [0.05, 0.1) is 5.69 Å². The van der Waals surface area contributed by atoms with Gasteiger partial charge in [0.2, 0.25) is 0 Å². The molecule has 25 heavy (non-hydrogen) atoms. The Kier molecular flexibility index (Phi) is 3.58. The van der Waals surface area contributed by atoms with Crippen LogP contribution in [0.1, 0.15) is 21.0 Å². The number of anilines is 1.